The molecule has 0 unspecified atom stereocenters. The predicted molar refractivity (Wildman–Crippen MR) is 116 cm³/mol. The number of unbranched alkanes of at least 4 members (excludes halogenated alkanes) is 2. The molecule has 0 bridgehead atoms. The zero-order chi connectivity index (χ0) is 21.0. The van der Waals surface area contributed by atoms with Gasteiger partial charge in [0.25, 0.3) is 6.29 Å². The van der Waals surface area contributed by atoms with Gasteiger partial charge in [0.2, 0.25) is 6.23 Å². The van der Waals surface area contributed by atoms with E-state index in [2.05, 4.69) is 19.2 Å². The lowest BCUT2D eigenvalue weighted by atomic mass is 10.3. The Labute approximate surface area is 179 Å². The Morgan fingerprint density at radius 3 is 1.80 bits per heavy atom. The number of benzene rings is 2. The maximum atomic E-state index is 6.07. The van der Waals surface area contributed by atoms with E-state index in [4.69, 9.17) is 23.7 Å². The van der Waals surface area contributed by atoms with E-state index >= 15 is 0 Å². The monoisotopic (exact) mass is 415 g/mol. The van der Waals surface area contributed by atoms with Crippen LogP contribution in [0.3, 0.4) is 0 Å². The van der Waals surface area contributed by atoms with Crippen LogP contribution in [0.15, 0.2) is 48.5 Å². The van der Waals surface area contributed by atoms with Crippen molar-refractivity contribution in [1.29, 1.82) is 0 Å². The molecule has 0 aliphatic carbocycles. The molecular weight excluding hydrogens is 382 g/mol. The maximum absolute atomic E-state index is 6.07. The molecule has 3 rings (SSSR count). The minimum atomic E-state index is -0.550. The van der Waals surface area contributed by atoms with Crippen LogP contribution in [0.5, 0.6) is 23.0 Å². The van der Waals surface area contributed by atoms with Crippen LogP contribution in [0.1, 0.15) is 39.5 Å². The second kappa shape index (κ2) is 12.3. The fourth-order valence-electron chi connectivity index (χ4n) is 2.93. The first-order valence-corrected chi connectivity index (χ1v) is 10.9. The first kappa shape index (κ1) is 22.2. The molecule has 0 radical (unpaired) electrons. The highest BCUT2D eigenvalue weighted by molar-refractivity contribution is 5.32. The molecule has 164 valence electrons. The van der Waals surface area contributed by atoms with Gasteiger partial charge < -0.3 is 23.7 Å². The predicted octanol–water partition coefficient (Wildman–Crippen LogP) is 4.77. The molecule has 6 heteroatoms. The van der Waals surface area contributed by atoms with Crippen LogP contribution in [-0.4, -0.2) is 38.9 Å². The molecule has 30 heavy (non-hydrogen) atoms. The van der Waals surface area contributed by atoms with Crippen molar-refractivity contribution in [3.63, 3.8) is 0 Å². The summed E-state index contributed by atoms with van der Waals surface area (Å²) in [6, 6.07) is 15.2. The number of hydrogen-bond acceptors (Lipinski definition) is 6. The van der Waals surface area contributed by atoms with Crippen molar-refractivity contribution in [1.82, 2.24) is 5.32 Å². The van der Waals surface area contributed by atoms with E-state index in [0.717, 1.165) is 56.1 Å². The van der Waals surface area contributed by atoms with Crippen molar-refractivity contribution in [2.75, 3.05) is 26.4 Å². The average molecular weight is 416 g/mol. The van der Waals surface area contributed by atoms with Gasteiger partial charge in [0, 0.05) is 6.54 Å². The van der Waals surface area contributed by atoms with Crippen LogP contribution in [0, 0.1) is 0 Å². The van der Waals surface area contributed by atoms with Gasteiger partial charge in [-0.3, -0.25) is 5.32 Å². The van der Waals surface area contributed by atoms with Crippen LogP contribution in [0.4, 0.5) is 0 Å². The zero-order valence-electron chi connectivity index (χ0n) is 18.0. The molecule has 0 amide bonds. The molecule has 6 nitrogen and oxygen atoms in total. The standard InChI is InChI=1S/C24H33NO5/c1-3-5-16-26-19-7-11-21(12-8-19)29-23-24(28-18-15-25-23)30-22-13-9-20(10-14-22)27-17-6-4-2/h7-14,23-25H,3-6,15-18H2,1-2H3/t23-,24-/m0/s1. The summed E-state index contributed by atoms with van der Waals surface area (Å²) in [4.78, 5) is 0. The summed E-state index contributed by atoms with van der Waals surface area (Å²) in [5.41, 5.74) is 0. The van der Waals surface area contributed by atoms with Crippen LogP contribution >= 0.6 is 0 Å². The molecule has 0 spiro atoms. The van der Waals surface area contributed by atoms with Crippen molar-refractivity contribution in [3.05, 3.63) is 48.5 Å². The summed E-state index contributed by atoms with van der Waals surface area (Å²) < 4.78 is 29.3. The largest absolute Gasteiger partial charge is 0.494 e. The highest BCUT2D eigenvalue weighted by Crippen LogP contribution is 2.23. The van der Waals surface area contributed by atoms with Gasteiger partial charge in [-0.2, -0.15) is 0 Å². The fraction of sp³-hybridized carbons (Fsp3) is 0.500. The molecular formula is C24H33NO5. The summed E-state index contributed by atoms with van der Waals surface area (Å²) in [5.74, 6) is 3.12. The van der Waals surface area contributed by atoms with Crippen LogP contribution < -0.4 is 24.3 Å². The topological polar surface area (TPSA) is 58.2 Å². The lowest BCUT2D eigenvalue weighted by molar-refractivity contribution is -0.168. The van der Waals surface area contributed by atoms with Crippen LogP contribution in [0.2, 0.25) is 0 Å². The Morgan fingerprint density at radius 1 is 0.767 bits per heavy atom. The lowest BCUT2D eigenvalue weighted by Crippen LogP contribution is -2.54. The Bertz CT molecular complexity index is 656. The molecule has 2 aromatic rings. The normalized spacial score (nSPS) is 18.6. The molecule has 1 saturated heterocycles. The van der Waals surface area contributed by atoms with Crippen LogP contribution in [-0.2, 0) is 4.74 Å². The molecule has 0 aromatic heterocycles. The number of morpholine rings is 1. The number of rotatable bonds is 12. The molecule has 2 atom stereocenters. The quantitative estimate of drug-likeness (QED) is 0.504. The second-order valence-corrected chi connectivity index (χ2v) is 7.20. The smallest absolute Gasteiger partial charge is 0.251 e. The van der Waals surface area contributed by atoms with Gasteiger partial charge in [0.15, 0.2) is 0 Å². The van der Waals surface area contributed by atoms with Gasteiger partial charge in [-0.05, 0) is 61.4 Å². The summed E-state index contributed by atoms with van der Waals surface area (Å²) in [7, 11) is 0. The van der Waals surface area contributed by atoms with Gasteiger partial charge in [-0.1, -0.05) is 26.7 Å². The second-order valence-electron chi connectivity index (χ2n) is 7.20. The van der Waals surface area contributed by atoms with E-state index in [9.17, 15) is 0 Å². The molecule has 1 fully saturated rings. The van der Waals surface area contributed by atoms with Gasteiger partial charge in [0.05, 0.1) is 19.8 Å². The zero-order valence-corrected chi connectivity index (χ0v) is 18.0. The van der Waals surface area contributed by atoms with E-state index in [1.165, 1.54) is 0 Å². The molecule has 0 saturated carbocycles. The summed E-state index contributed by atoms with van der Waals surface area (Å²) in [5, 5.41) is 3.31. The SMILES string of the molecule is CCCCOc1ccc(O[C@@H]2OCCN[C@H]2Oc2ccc(OCCCC)cc2)cc1. The highest BCUT2D eigenvalue weighted by atomic mass is 16.7. The summed E-state index contributed by atoms with van der Waals surface area (Å²) >= 11 is 0. The van der Waals surface area contributed by atoms with Gasteiger partial charge in [-0.25, -0.2) is 0 Å². The molecule has 1 heterocycles. The van der Waals surface area contributed by atoms with Crippen LogP contribution in [0.25, 0.3) is 0 Å². The van der Waals surface area contributed by atoms with E-state index in [0.29, 0.717) is 18.9 Å². The first-order valence-electron chi connectivity index (χ1n) is 10.9. The molecule has 1 aliphatic heterocycles. The van der Waals surface area contributed by atoms with Gasteiger partial charge >= 0.3 is 0 Å². The lowest BCUT2D eigenvalue weighted by Gasteiger charge is -2.32. The fourth-order valence-corrected chi connectivity index (χ4v) is 2.93. The minimum absolute atomic E-state index is 0.411. The number of hydrogen-bond donors (Lipinski definition) is 1. The van der Waals surface area contributed by atoms with E-state index in [1.807, 2.05) is 48.5 Å². The van der Waals surface area contributed by atoms with Gasteiger partial charge in [0.1, 0.15) is 23.0 Å². The van der Waals surface area contributed by atoms with Crippen molar-refractivity contribution >= 4 is 0 Å². The first-order chi connectivity index (χ1) is 14.8. The summed E-state index contributed by atoms with van der Waals surface area (Å²) in [6.07, 6.45) is 3.36. The van der Waals surface area contributed by atoms with Crippen molar-refractivity contribution < 1.29 is 23.7 Å². The van der Waals surface area contributed by atoms with Crippen molar-refractivity contribution in [3.8, 4) is 23.0 Å². The third kappa shape index (κ3) is 7.11. The van der Waals surface area contributed by atoms with Crippen molar-refractivity contribution in [2.24, 2.45) is 0 Å². The minimum Gasteiger partial charge on any atom is -0.494 e. The number of ether oxygens (including phenoxy) is 5. The summed E-state index contributed by atoms with van der Waals surface area (Å²) in [6.45, 7) is 7.01. The third-order valence-electron chi connectivity index (χ3n) is 4.67. The number of nitrogens with one attached hydrogen (secondary N) is 1. The van der Waals surface area contributed by atoms with E-state index < -0.39 is 12.5 Å². The van der Waals surface area contributed by atoms with E-state index in [1.54, 1.807) is 0 Å². The Hall–Kier alpha value is -2.44. The third-order valence-corrected chi connectivity index (χ3v) is 4.67. The Balaban J connectivity index is 1.53. The Morgan fingerprint density at radius 2 is 1.27 bits per heavy atom. The van der Waals surface area contributed by atoms with Crippen molar-refractivity contribution in [2.45, 2.75) is 52.0 Å². The Kier molecular flexibility index (Phi) is 9.12. The molecule has 1 aliphatic rings. The van der Waals surface area contributed by atoms with Gasteiger partial charge in [-0.15, -0.1) is 0 Å². The maximum Gasteiger partial charge on any atom is 0.251 e. The average Bonchev–Trinajstić information content (AvgIpc) is 2.78. The van der Waals surface area contributed by atoms with E-state index in [-0.39, 0.29) is 0 Å². The highest BCUT2D eigenvalue weighted by Gasteiger charge is 2.29. The molecule has 2 aromatic carbocycles. The molecule has 1 N–H and O–H groups in total.